The largest absolute Gasteiger partial charge is 0.486 e. The van der Waals surface area contributed by atoms with Crippen LogP contribution in [0.2, 0.25) is 5.02 Å². The number of sulfonamides is 1. The van der Waals surface area contributed by atoms with Crippen LogP contribution in [0.15, 0.2) is 47.4 Å². The van der Waals surface area contributed by atoms with E-state index < -0.39 is 14.9 Å². The van der Waals surface area contributed by atoms with Crippen molar-refractivity contribution in [1.29, 1.82) is 0 Å². The molecule has 1 saturated heterocycles. The minimum atomic E-state index is -4.03. The Morgan fingerprint density at radius 1 is 1.18 bits per heavy atom. The molecule has 33 heavy (non-hydrogen) atoms. The molecule has 0 bridgehead atoms. The molecule has 12 heteroatoms. The highest BCUT2D eigenvalue weighted by molar-refractivity contribution is 7.89. The fourth-order valence-electron chi connectivity index (χ4n) is 3.82. The third kappa shape index (κ3) is 5.05. The van der Waals surface area contributed by atoms with E-state index in [4.69, 9.17) is 21.1 Å². The second-order valence-electron chi connectivity index (χ2n) is 7.79. The van der Waals surface area contributed by atoms with Gasteiger partial charge in [0.2, 0.25) is 15.9 Å². The number of nitro benzene ring substituents is 1. The van der Waals surface area contributed by atoms with Crippen molar-refractivity contribution in [2.45, 2.75) is 23.8 Å². The van der Waals surface area contributed by atoms with Crippen molar-refractivity contribution in [1.82, 2.24) is 9.62 Å². The fraction of sp³-hybridized carbons (Fsp3) is 0.381. The van der Waals surface area contributed by atoms with E-state index in [1.807, 2.05) is 18.2 Å². The van der Waals surface area contributed by atoms with Gasteiger partial charge in [-0.3, -0.25) is 14.9 Å². The summed E-state index contributed by atoms with van der Waals surface area (Å²) >= 11 is 6.02. The van der Waals surface area contributed by atoms with Gasteiger partial charge in [-0.15, -0.1) is 0 Å². The first-order chi connectivity index (χ1) is 15.8. The number of amides is 1. The summed E-state index contributed by atoms with van der Waals surface area (Å²) in [5.74, 6) is 0.760. The molecule has 0 aromatic heterocycles. The SMILES string of the molecule is O=C(NCC1COc2ccccc2O1)C1CCN(S(=O)(=O)c2cc([N+](=O)[O-])ccc2Cl)CC1. The number of carbonyl (C=O) groups is 1. The number of nitrogens with one attached hydrogen (secondary N) is 1. The van der Waals surface area contributed by atoms with Crippen molar-refractivity contribution in [2.24, 2.45) is 5.92 Å². The monoisotopic (exact) mass is 495 g/mol. The molecule has 1 amide bonds. The molecular weight excluding hydrogens is 474 g/mol. The number of ether oxygens (including phenoxy) is 2. The number of rotatable bonds is 6. The third-order valence-corrected chi connectivity index (χ3v) is 8.02. The van der Waals surface area contributed by atoms with Gasteiger partial charge in [0.25, 0.3) is 5.69 Å². The van der Waals surface area contributed by atoms with E-state index in [-0.39, 0.29) is 53.2 Å². The summed E-state index contributed by atoms with van der Waals surface area (Å²) in [5.41, 5.74) is -0.358. The van der Waals surface area contributed by atoms with Crippen LogP contribution < -0.4 is 14.8 Å². The van der Waals surface area contributed by atoms with Crippen LogP contribution in [-0.2, 0) is 14.8 Å². The fourth-order valence-corrected chi connectivity index (χ4v) is 5.79. The number of hydrogen-bond donors (Lipinski definition) is 1. The smallest absolute Gasteiger partial charge is 0.270 e. The number of nitrogens with zero attached hydrogens (tertiary/aromatic N) is 2. The molecule has 2 aromatic rings. The topological polar surface area (TPSA) is 128 Å². The van der Waals surface area contributed by atoms with Crippen molar-refractivity contribution >= 4 is 33.2 Å². The zero-order valence-corrected chi connectivity index (χ0v) is 19.0. The second-order valence-corrected chi connectivity index (χ2v) is 10.1. The zero-order chi connectivity index (χ0) is 23.6. The first kappa shape index (κ1) is 23.3. The average molecular weight is 496 g/mol. The lowest BCUT2D eigenvalue weighted by molar-refractivity contribution is -0.385. The molecule has 2 aliphatic heterocycles. The molecule has 1 fully saturated rings. The van der Waals surface area contributed by atoms with Crippen LogP contribution in [0.25, 0.3) is 0 Å². The average Bonchev–Trinajstić information content (AvgIpc) is 2.82. The van der Waals surface area contributed by atoms with Crippen LogP contribution in [-0.4, -0.2) is 55.9 Å². The maximum Gasteiger partial charge on any atom is 0.270 e. The van der Waals surface area contributed by atoms with Gasteiger partial charge in [0, 0.05) is 31.1 Å². The lowest BCUT2D eigenvalue weighted by Gasteiger charge is -2.31. The van der Waals surface area contributed by atoms with Gasteiger partial charge in [0.05, 0.1) is 16.5 Å². The summed E-state index contributed by atoms with van der Waals surface area (Å²) in [6, 6.07) is 10.6. The maximum atomic E-state index is 13.0. The third-order valence-electron chi connectivity index (χ3n) is 5.64. The van der Waals surface area contributed by atoms with Gasteiger partial charge < -0.3 is 14.8 Å². The van der Waals surface area contributed by atoms with E-state index in [0.29, 0.717) is 30.9 Å². The summed E-state index contributed by atoms with van der Waals surface area (Å²) in [4.78, 5) is 22.6. The van der Waals surface area contributed by atoms with Crippen LogP contribution in [0.5, 0.6) is 11.5 Å². The van der Waals surface area contributed by atoms with E-state index >= 15 is 0 Å². The number of para-hydroxylation sites is 2. The molecule has 1 N–H and O–H groups in total. The number of carbonyl (C=O) groups excluding carboxylic acids is 1. The number of halogens is 1. The Bertz CT molecular complexity index is 1170. The molecular formula is C21H22ClN3O7S. The summed E-state index contributed by atoms with van der Waals surface area (Å²) < 4.78 is 38.6. The Morgan fingerprint density at radius 2 is 1.88 bits per heavy atom. The molecule has 0 radical (unpaired) electrons. The highest BCUT2D eigenvalue weighted by atomic mass is 35.5. The van der Waals surface area contributed by atoms with Gasteiger partial charge in [-0.25, -0.2) is 8.42 Å². The first-order valence-corrected chi connectivity index (χ1v) is 12.2. The standard InChI is InChI=1S/C21H22ClN3O7S/c22-17-6-5-15(25(27)28)11-20(17)33(29,30)24-9-7-14(8-10-24)21(26)23-12-16-13-31-18-3-1-2-4-19(18)32-16/h1-6,11,14,16H,7-10,12-13H2,(H,23,26). The minimum absolute atomic E-state index is 0.0864. The molecule has 4 rings (SSSR count). The Labute approximate surface area is 195 Å². The number of piperidine rings is 1. The van der Waals surface area contributed by atoms with Crippen molar-refractivity contribution < 1.29 is 27.6 Å². The van der Waals surface area contributed by atoms with Crippen LogP contribution in [0.1, 0.15) is 12.8 Å². The van der Waals surface area contributed by atoms with Crippen molar-refractivity contribution in [3.05, 3.63) is 57.6 Å². The highest BCUT2D eigenvalue weighted by Crippen LogP contribution is 2.32. The zero-order valence-electron chi connectivity index (χ0n) is 17.5. The minimum Gasteiger partial charge on any atom is -0.486 e. The molecule has 0 saturated carbocycles. The normalized spacial score (nSPS) is 19.1. The number of nitro groups is 1. The van der Waals surface area contributed by atoms with Crippen LogP contribution in [0.4, 0.5) is 5.69 Å². The Hall–Kier alpha value is -2.89. The molecule has 2 heterocycles. The quantitative estimate of drug-likeness (QED) is 0.481. The van der Waals surface area contributed by atoms with E-state index in [1.54, 1.807) is 6.07 Å². The second kappa shape index (κ2) is 9.54. The van der Waals surface area contributed by atoms with E-state index in [0.717, 1.165) is 12.1 Å². The number of hydrogen-bond acceptors (Lipinski definition) is 7. The van der Waals surface area contributed by atoms with Gasteiger partial charge in [0.15, 0.2) is 11.5 Å². The Morgan fingerprint density at radius 3 is 2.58 bits per heavy atom. The predicted molar refractivity (Wildman–Crippen MR) is 119 cm³/mol. The van der Waals surface area contributed by atoms with Crippen LogP contribution in [0.3, 0.4) is 0 Å². The number of benzene rings is 2. The van der Waals surface area contributed by atoms with Gasteiger partial charge in [-0.05, 0) is 31.0 Å². The maximum absolute atomic E-state index is 13.0. The predicted octanol–water partition coefficient (Wildman–Crippen LogP) is 2.61. The molecule has 176 valence electrons. The lowest BCUT2D eigenvalue weighted by Crippen LogP contribution is -2.46. The molecule has 0 spiro atoms. The lowest BCUT2D eigenvalue weighted by atomic mass is 9.97. The van der Waals surface area contributed by atoms with Gasteiger partial charge >= 0.3 is 0 Å². The first-order valence-electron chi connectivity index (χ1n) is 10.4. The number of fused-ring (bicyclic) bond motifs is 1. The van der Waals surface area contributed by atoms with E-state index in [1.165, 1.54) is 10.4 Å². The van der Waals surface area contributed by atoms with Crippen molar-refractivity contribution in [3.63, 3.8) is 0 Å². The molecule has 0 aliphatic carbocycles. The molecule has 2 aliphatic rings. The summed E-state index contributed by atoms with van der Waals surface area (Å²) in [6.07, 6.45) is 0.325. The summed E-state index contributed by atoms with van der Waals surface area (Å²) in [5, 5.41) is 13.8. The van der Waals surface area contributed by atoms with E-state index in [9.17, 15) is 23.3 Å². The van der Waals surface area contributed by atoms with Crippen LogP contribution in [0, 0.1) is 16.0 Å². The van der Waals surface area contributed by atoms with Crippen LogP contribution >= 0.6 is 11.6 Å². The number of non-ortho nitro benzene ring substituents is 1. The Kier molecular flexibility index (Phi) is 6.73. The Balaban J connectivity index is 1.32. The van der Waals surface area contributed by atoms with Gasteiger partial charge in [-0.1, -0.05) is 23.7 Å². The van der Waals surface area contributed by atoms with Gasteiger partial charge in [0.1, 0.15) is 17.6 Å². The summed E-state index contributed by atoms with van der Waals surface area (Å²) in [6.45, 7) is 0.804. The molecule has 1 atom stereocenters. The van der Waals surface area contributed by atoms with E-state index in [2.05, 4.69) is 5.32 Å². The highest BCUT2D eigenvalue weighted by Gasteiger charge is 2.34. The van der Waals surface area contributed by atoms with Crippen molar-refractivity contribution in [2.75, 3.05) is 26.2 Å². The molecule has 2 aromatic carbocycles. The summed E-state index contributed by atoms with van der Waals surface area (Å²) in [7, 11) is -4.03. The van der Waals surface area contributed by atoms with Crippen molar-refractivity contribution in [3.8, 4) is 11.5 Å². The molecule has 10 nitrogen and oxygen atoms in total. The molecule has 1 unspecified atom stereocenters. The van der Waals surface area contributed by atoms with Gasteiger partial charge in [-0.2, -0.15) is 4.31 Å².